The molecule has 1 aromatic carbocycles. The van der Waals surface area contributed by atoms with E-state index in [0.29, 0.717) is 5.69 Å². The number of fused-ring (bicyclic) bond motifs is 3. The third-order valence-corrected chi connectivity index (χ3v) is 4.22. The van der Waals surface area contributed by atoms with Crippen molar-refractivity contribution in [3.05, 3.63) is 53.3 Å². The lowest BCUT2D eigenvalue weighted by Crippen LogP contribution is -2.20. The zero-order valence-electron chi connectivity index (χ0n) is 10.3. The SMILES string of the molecule is NC(=O)[C@H]1c2cnn(-c3ccccc3)c2-c2s[c]nc21. The van der Waals surface area contributed by atoms with E-state index in [-0.39, 0.29) is 0 Å². The average molecular weight is 281 g/mol. The number of nitrogens with zero attached hydrogens (tertiary/aromatic N) is 3. The van der Waals surface area contributed by atoms with Crippen molar-refractivity contribution in [1.29, 1.82) is 0 Å². The molecule has 5 nitrogen and oxygen atoms in total. The maximum Gasteiger partial charge on any atom is 0.231 e. The molecular weight excluding hydrogens is 272 g/mol. The molecular formula is C14H9N4OS. The van der Waals surface area contributed by atoms with Crippen LogP contribution < -0.4 is 5.73 Å². The smallest absolute Gasteiger partial charge is 0.231 e. The van der Waals surface area contributed by atoms with Crippen LogP contribution in [0.4, 0.5) is 0 Å². The van der Waals surface area contributed by atoms with Gasteiger partial charge in [0.2, 0.25) is 5.91 Å². The second-order valence-electron chi connectivity index (χ2n) is 4.55. The topological polar surface area (TPSA) is 73.8 Å². The number of benzene rings is 1. The van der Waals surface area contributed by atoms with Crippen LogP contribution in [0.5, 0.6) is 0 Å². The van der Waals surface area contributed by atoms with Crippen molar-refractivity contribution in [2.75, 3.05) is 0 Å². The zero-order chi connectivity index (χ0) is 13.7. The molecule has 2 heterocycles. The number of rotatable bonds is 2. The fraction of sp³-hybridized carbons (Fsp3) is 0.0714. The van der Waals surface area contributed by atoms with E-state index in [1.807, 2.05) is 35.0 Å². The van der Waals surface area contributed by atoms with Crippen LogP contribution >= 0.6 is 11.3 Å². The molecule has 0 fully saturated rings. The van der Waals surface area contributed by atoms with Crippen LogP contribution in [0.15, 0.2) is 36.5 Å². The van der Waals surface area contributed by atoms with Gasteiger partial charge < -0.3 is 5.73 Å². The molecule has 0 saturated heterocycles. The van der Waals surface area contributed by atoms with Crippen LogP contribution in [0.25, 0.3) is 16.3 Å². The van der Waals surface area contributed by atoms with E-state index in [1.54, 1.807) is 6.20 Å². The highest BCUT2D eigenvalue weighted by Crippen LogP contribution is 2.46. The number of primary amides is 1. The quantitative estimate of drug-likeness (QED) is 0.777. The Morgan fingerprint density at radius 3 is 2.90 bits per heavy atom. The van der Waals surface area contributed by atoms with Crippen molar-refractivity contribution < 1.29 is 4.79 Å². The molecule has 0 bridgehead atoms. The van der Waals surface area contributed by atoms with Gasteiger partial charge in [0, 0.05) is 5.56 Å². The highest BCUT2D eigenvalue weighted by Gasteiger charge is 2.38. The molecule has 2 N–H and O–H groups in total. The third-order valence-electron chi connectivity index (χ3n) is 3.43. The monoisotopic (exact) mass is 281 g/mol. The van der Waals surface area contributed by atoms with Crippen LogP contribution in [0.3, 0.4) is 0 Å². The highest BCUT2D eigenvalue weighted by molar-refractivity contribution is 7.13. The van der Waals surface area contributed by atoms with Gasteiger partial charge in [0.15, 0.2) is 5.51 Å². The normalized spacial score (nSPS) is 15.9. The molecule has 6 heteroatoms. The summed E-state index contributed by atoms with van der Waals surface area (Å²) in [6.07, 6.45) is 1.70. The van der Waals surface area contributed by atoms with Gasteiger partial charge in [-0.3, -0.25) is 4.79 Å². The van der Waals surface area contributed by atoms with E-state index in [1.165, 1.54) is 11.3 Å². The summed E-state index contributed by atoms with van der Waals surface area (Å²) in [6.45, 7) is 0. The predicted octanol–water partition coefficient (Wildman–Crippen LogP) is 1.73. The number of carbonyl (C=O) groups excluding carboxylic acids is 1. The minimum absolute atomic E-state index is 0.406. The highest BCUT2D eigenvalue weighted by atomic mass is 32.1. The fourth-order valence-corrected chi connectivity index (χ4v) is 3.39. The summed E-state index contributed by atoms with van der Waals surface area (Å²) in [5.74, 6) is -0.920. The molecule has 0 unspecified atom stereocenters. The Labute approximate surface area is 118 Å². The number of carbonyl (C=O) groups is 1. The molecule has 3 aromatic rings. The molecule has 4 rings (SSSR count). The largest absolute Gasteiger partial charge is 0.369 e. The minimum Gasteiger partial charge on any atom is -0.369 e. The van der Waals surface area contributed by atoms with Crippen molar-refractivity contribution in [2.45, 2.75) is 5.92 Å². The molecule has 1 atom stereocenters. The first-order chi connectivity index (χ1) is 9.77. The van der Waals surface area contributed by atoms with Crippen molar-refractivity contribution in [2.24, 2.45) is 5.73 Å². The Morgan fingerprint density at radius 1 is 1.35 bits per heavy atom. The van der Waals surface area contributed by atoms with Gasteiger partial charge in [0.05, 0.1) is 28.1 Å². The molecule has 2 aromatic heterocycles. The van der Waals surface area contributed by atoms with Gasteiger partial charge in [-0.1, -0.05) is 18.2 Å². The molecule has 20 heavy (non-hydrogen) atoms. The molecule has 1 aliphatic rings. The summed E-state index contributed by atoms with van der Waals surface area (Å²) in [5, 5.41) is 4.39. The average Bonchev–Trinajstić information content (AvgIpc) is 3.10. The van der Waals surface area contributed by atoms with E-state index in [0.717, 1.165) is 21.8 Å². The van der Waals surface area contributed by atoms with Crippen LogP contribution in [0, 0.1) is 5.51 Å². The summed E-state index contributed by atoms with van der Waals surface area (Å²) in [5.41, 5.74) is 11.7. The van der Waals surface area contributed by atoms with Crippen LogP contribution in [-0.4, -0.2) is 20.7 Å². The summed E-state index contributed by atoms with van der Waals surface area (Å²) in [7, 11) is 0. The Kier molecular flexibility index (Phi) is 2.28. The molecule has 1 aliphatic carbocycles. The molecule has 1 amide bonds. The Bertz CT molecular complexity index is 806. The van der Waals surface area contributed by atoms with Gasteiger partial charge in [0.1, 0.15) is 5.92 Å². The summed E-state index contributed by atoms with van der Waals surface area (Å²) in [6, 6.07) is 9.78. The lowest BCUT2D eigenvalue weighted by molar-refractivity contribution is -0.118. The zero-order valence-corrected chi connectivity index (χ0v) is 11.1. The maximum atomic E-state index is 11.7. The van der Waals surface area contributed by atoms with Crippen LogP contribution in [0.2, 0.25) is 0 Å². The summed E-state index contributed by atoms with van der Waals surface area (Å²) >= 11 is 1.38. The Morgan fingerprint density at radius 2 is 2.15 bits per heavy atom. The first kappa shape index (κ1) is 11.4. The molecule has 1 radical (unpaired) electrons. The van der Waals surface area contributed by atoms with E-state index >= 15 is 0 Å². The van der Waals surface area contributed by atoms with Gasteiger partial charge in [-0.25, -0.2) is 9.67 Å². The fourth-order valence-electron chi connectivity index (χ4n) is 2.59. The first-order valence-corrected chi connectivity index (χ1v) is 6.89. The number of para-hydroxylation sites is 1. The Hall–Kier alpha value is -2.47. The number of nitrogens with two attached hydrogens (primary N) is 1. The molecule has 0 spiro atoms. The molecule has 97 valence electrons. The number of aromatic nitrogens is 3. The number of amides is 1. The maximum absolute atomic E-state index is 11.7. The number of hydrogen-bond donors (Lipinski definition) is 1. The van der Waals surface area contributed by atoms with E-state index in [9.17, 15) is 4.79 Å². The van der Waals surface area contributed by atoms with Gasteiger partial charge >= 0.3 is 0 Å². The van der Waals surface area contributed by atoms with Gasteiger partial charge in [-0.15, -0.1) is 11.3 Å². The summed E-state index contributed by atoms with van der Waals surface area (Å²) in [4.78, 5) is 16.8. The van der Waals surface area contributed by atoms with Crippen LogP contribution in [0.1, 0.15) is 17.2 Å². The van der Waals surface area contributed by atoms with E-state index in [4.69, 9.17) is 5.73 Å². The molecule has 0 saturated carbocycles. The van der Waals surface area contributed by atoms with Crippen molar-refractivity contribution in [1.82, 2.24) is 14.8 Å². The van der Waals surface area contributed by atoms with Crippen LogP contribution in [-0.2, 0) is 4.79 Å². The lowest BCUT2D eigenvalue weighted by atomic mass is 10.0. The van der Waals surface area contributed by atoms with Crippen molar-refractivity contribution >= 4 is 17.2 Å². The van der Waals surface area contributed by atoms with Crippen molar-refractivity contribution in [3.8, 4) is 16.3 Å². The minimum atomic E-state index is -0.514. The van der Waals surface area contributed by atoms with E-state index in [2.05, 4.69) is 15.6 Å². The lowest BCUT2D eigenvalue weighted by Gasteiger charge is -2.04. The second-order valence-corrected chi connectivity index (χ2v) is 5.35. The summed E-state index contributed by atoms with van der Waals surface area (Å²) < 4.78 is 1.82. The van der Waals surface area contributed by atoms with Gasteiger partial charge in [0.25, 0.3) is 0 Å². The van der Waals surface area contributed by atoms with Gasteiger partial charge in [-0.05, 0) is 12.1 Å². The number of thiazole rings is 1. The van der Waals surface area contributed by atoms with E-state index < -0.39 is 11.8 Å². The first-order valence-electron chi connectivity index (χ1n) is 6.07. The second kappa shape index (κ2) is 4.01. The van der Waals surface area contributed by atoms with Crippen molar-refractivity contribution in [3.63, 3.8) is 0 Å². The Balaban J connectivity index is 1.99. The number of hydrogen-bond acceptors (Lipinski definition) is 4. The predicted molar refractivity (Wildman–Crippen MR) is 74.5 cm³/mol. The molecule has 0 aliphatic heterocycles. The third kappa shape index (κ3) is 1.39. The van der Waals surface area contributed by atoms with Gasteiger partial charge in [-0.2, -0.15) is 5.10 Å². The standard InChI is InChI=1S/C14H9N4OS/c15-14(19)10-9-6-17-18(8-4-2-1-3-5-8)12(9)13-11(10)16-7-20-13/h1-6,10H,(H2,15,19)/t10-/m0/s1.